The van der Waals surface area contributed by atoms with E-state index in [9.17, 15) is 0 Å². The molecule has 0 amide bonds. The molecular formula is C6H11SY-. The van der Waals surface area contributed by atoms with E-state index in [4.69, 9.17) is 0 Å². The number of rotatable bonds is 1. The van der Waals surface area contributed by atoms with Crippen molar-refractivity contribution in [2.75, 3.05) is 11.5 Å². The van der Waals surface area contributed by atoms with Gasteiger partial charge in [-0.3, -0.25) is 5.92 Å². The van der Waals surface area contributed by atoms with Crippen molar-refractivity contribution in [2.45, 2.75) is 13.8 Å². The van der Waals surface area contributed by atoms with E-state index in [1.165, 1.54) is 11.5 Å². The Kier molecular flexibility index (Phi) is 5.08. The molecule has 0 spiro atoms. The molecule has 1 radical (unpaired) electrons. The monoisotopic (exact) mass is 204 g/mol. The van der Waals surface area contributed by atoms with Crippen LogP contribution >= 0.6 is 11.8 Å². The molecule has 1 aliphatic heterocycles. The zero-order chi connectivity index (χ0) is 5.28. The topological polar surface area (TPSA) is 0 Å². The Morgan fingerprint density at radius 1 is 1.38 bits per heavy atom. The molecule has 0 atom stereocenters. The summed E-state index contributed by atoms with van der Waals surface area (Å²) >= 11 is 2.04. The van der Waals surface area contributed by atoms with E-state index in [-0.39, 0.29) is 32.7 Å². The van der Waals surface area contributed by atoms with Gasteiger partial charge in [0.05, 0.1) is 0 Å². The van der Waals surface area contributed by atoms with Crippen molar-refractivity contribution in [1.82, 2.24) is 0 Å². The Morgan fingerprint density at radius 2 is 1.88 bits per heavy atom. The van der Waals surface area contributed by atoms with Gasteiger partial charge in [-0.15, -0.1) is 11.5 Å². The first-order chi connectivity index (χ1) is 3.30. The largest absolute Gasteiger partial charge is 0.292 e. The van der Waals surface area contributed by atoms with Crippen molar-refractivity contribution in [3.63, 3.8) is 0 Å². The third-order valence-electron chi connectivity index (χ3n) is 1.39. The molecule has 0 bridgehead atoms. The molecule has 0 aromatic carbocycles. The van der Waals surface area contributed by atoms with Gasteiger partial charge in [-0.05, 0) is 0 Å². The van der Waals surface area contributed by atoms with Gasteiger partial charge in [-0.25, -0.2) is 11.8 Å². The van der Waals surface area contributed by atoms with Crippen LogP contribution in [0, 0.1) is 11.8 Å². The number of hydrogen-bond acceptors (Lipinski definition) is 1. The Balaban J connectivity index is 0.000000490. The van der Waals surface area contributed by atoms with Gasteiger partial charge in [0.15, 0.2) is 0 Å². The van der Waals surface area contributed by atoms with Crippen molar-refractivity contribution >= 4 is 11.8 Å². The average molecular weight is 204 g/mol. The zero-order valence-electron chi connectivity index (χ0n) is 5.48. The fraction of sp³-hybridized carbons (Fsp3) is 0.833. The summed E-state index contributed by atoms with van der Waals surface area (Å²) < 4.78 is 0. The van der Waals surface area contributed by atoms with Gasteiger partial charge >= 0.3 is 0 Å². The van der Waals surface area contributed by atoms with Crippen molar-refractivity contribution < 1.29 is 32.7 Å². The number of thioether (sulfide) groups is 1. The van der Waals surface area contributed by atoms with Crippen LogP contribution in [0.5, 0.6) is 0 Å². The molecule has 0 aromatic rings. The Labute approximate surface area is 81.1 Å². The van der Waals surface area contributed by atoms with Gasteiger partial charge in [0.2, 0.25) is 0 Å². The summed E-state index contributed by atoms with van der Waals surface area (Å²) in [5, 5.41) is 0. The predicted octanol–water partition coefficient (Wildman–Crippen LogP) is 1.96. The summed E-state index contributed by atoms with van der Waals surface area (Å²) in [5.41, 5.74) is 0. The van der Waals surface area contributed by atoms with Crippen LogP contribution in [0.2, 0.25) is 0 Å². The third kappa shape index (κ3) is 2.37. The maximum atomic E-state index is 2.27. The van der Waals surface area contributed by atoms with Gasteiger partial charge < -0.3 is 0 Å². The molecule has 2 heteroatoms. The van der Waals surface area contributed by atoms with Crippen LogP contribution < -0.4 is 0 Å². The van der Waals surface area contributed by atoms with Crippen molar-refractivity contribution in [2.24, 2.45) is 5.92 Å². The summed E-state index contributed by atoms with van der Waals surface area (Å²) in [6.45, 7) is 4.55. The molecular weight excluding hydrogens is 193 g/mol. The van der Waals surface area contributed by atoms with E-state index in [0.29, 0.717) is 0 Å². The standard InChI is InChI=1S/C6H11S.Y/c1-5(2)6-3-7-4-6;/h5H,3-4H2,1-2H3;/q-1;. The molecule has 0 aromatic heterocycles. The van der Waals surface area contributed by atoms with E-state index in [1.54, 1.807) is 5.92 Å². The SMILES string of the molecule is CC(C)[C-]1CSC1.[Y]. The van der Waals surface area contributed by atoms with Crippen LogP contribution in [0.15, 0.2) is 0 Å². The molecule has 0 unspecified atom stereocenters. The van der Waals surface area contributed by atoms with Crippen LogP contribution in [-0.2, 0) is 32.7 Å². The fourth-order valence-corrected chi connectivity index (χ4v) is 1.66. The van der Waals surface area contributed by atoms with Gasteiger partial charge in [-0.1, -0.05) is 13.8 Å². The molecule has 1 rings (SSSR count). The quantitative estimate of drug-likeness (QED) is 0.588. The number of hydrogen-bond donors (Lipinski definition) is 0. The molecule has 8 heavy (non-hydrogen) atoms. The van der Waals surface area contributed by atoms with Crippen LogP contribution in [0.25, 0.3) is 0 Å². The van der Waals surface area contributed by atoms with Crippen LogP contribution in [0.3, 0.4) is 0 Å². The Hall–Kier alpha value is 1.45. The molecule has 0 aliphatic carbocycles. The normalized spacial score (nSPS) is 19.9. The van der Waals surface area contributed by atoms with E-state index in [2.05, 4.69) is 13.8 Å². The minimum absolute atomic E-state index is 0. The smallest absolute Gasteiger partial charge is 0 e. The molecule has 0 nitrogen and oxygen atoms in total. The second kappa shape index (κ2) is 4.30. The average Bonchev–Trinajstić information content (AvgIpc) is 1.23. The van der Waals surface area contributed by atoms with Gasteiger partial charge in [0, 0.05) is 32.7 Å². The van der Waals surface area contributed by atoms with Gasteiger partial charge in [-0.2, -0.15) is 5.92 Å². The third-order valence-corrected chi connectivity index (χ3v) is 2.54. The van der Waals surface area contributed by atoms with E-state index in [0.717, 1.165) is 5.92 Å². The summed E-state index contributed by atoms with van der Waals surface area (Å²) in [6.07, 6.45) is 0. The molecule has 45 valence electrons. The minimum Gasteiger partial charge on any atom is -0.292 e. The zero-order valence-corrected chi connectivity index (χ0v) is 9.13. The molecule has 1 heterocycles. The summed E-state index contributed by atoms with van der Waals surface area (Å²) in [6, 6.07) is 0. The van der Waals surface area contributed by atoms with E-state index < -0.39 is 0 Å². The Morgan fingerprint density at radius 3 is 1.88 bits per heavy atom. The molecule has 1 fully saturated rings. The van der Waals surface area contributed by atoms with Gasteiger partial charge in [0.25, 0.3) is 0 Å². The molecule has 1 aliphatic rings. The van der Waals surface area contributed by atoms with Crippen LogP contribution in [0.4, 0.5) is 0 Å². The van der Waals surface area contributed by atoms with E-state index >= 15 is 0 Å². The first-order valence-electron chi connectivity index (χ1n) is 2.73. The van der Waals surface area contributed by atoms with Crippen LogP contribution in [-0.4, -0.2) is 11.5 Å². The fourth-order valence-electron chi connectivity index (χ4n) is 0.553. The molecule has 1 saturated heterocycles. The maximum absolute atomic E-state index is 2.27. The van der Waals surface area contributed by atoms with Crippen molar-refractivity contribution in [3.05, 3.63) is 5.92 Å². The first kappa shape index (κ1) is 9.45. The second-order valence-electron chi connectivity index (χ2n) is 2.31. The predicted molar refractivity (Wildman–Crippen MR) is 35.4 cm³/mol. The van der Waals surface area contributed by atoms with Crippen molar-refractivity contribution in [1.29, 1.82) is 0 Å². The summed E-state index contributed by atoms with van der Waals surface area (Å²) in [4.78, 5) is 0. The molecule has 0 saturated carbocycles. The first-order valence-corrected chi connectivity index (χ1v) is 3.88. The minimum atomic E-state index is 0. The van der Waals surface area contributed by atoms with E-state index in [1.807, 2.05) is 11.8 Å². The Bertz CT molecular complexity index is 59.5. The molecule has 0 N–H and O–H groups in total. The van der Waals surface area contributed by atoms with Gasteiger partial charge in [0.1, 0.15) is 0 Å². The maximum Gasteiger partial charge on any atom is 0 e. The van der Waals surface area contributed by atoms with Crippen molar-refractivity contribution in [3.8, 4) is 0 Å². The summed E-state index contributed by atoms with van der Waals surface area (Å²) in [5.74, 6) is 5.25. The van der Waals surface area contributed by atoms with Crippen LogP contribution in [0.1, 0.15) is 13.8 Å². The summed E-state index contributed by atoms with van der Waals surface area (Å²) in [7, 11) is 0. The second-order valence-corrected chi connectivity index (χ2v) is 3.29.